The van der Waals surface area contributed by atoms with Crippen molar-refractivity contribution in [3.63, 3.8) is 0 Å². The standard InChI is InChI=1S/C17H13NO3/c1-20-17-7-3-6-15(18-17)12-4-2-5-13(10-12)16-9-8-14(11-19)21-16/h2-11H,1H3. The fraction of sp³-hybridized carbons (Fsp3) is 0.0588. The molecular formula is C17H13NO3. The molecule has 0 bridgehead atoms. The molecule has 2 heterocycles. The van der Waals surface area contributed by atoms with Gasteiger partial charge in [0.1, 0.15) is 5.76 Å². The lowest BCUT2D eigenvalue weighted by molar-refractivity contribution is 0.110. The fourth-order valence-corrected chi connectivity index (χ4v) is 2.09. The highest BCUT2D eigenvalue weighted by molar-refractivity contribution is 5.74. The molecule has 21 heavy (non-hydrogen) atoms. The summed E-state index contributed by atoms with van der Waals surface area (Å²) in [6.45, 7) is 0. The zero-order valence-electron chi connectivity index (χ0n) is 11.4. The van der Waals surface area contributed by atoms with Crippen LogP contribution in [0.15, 0.2) is 59.0 Å². The first-order valence-electron chi connectivity index (χ1n) is 6.47. The Morgan fingerprint density at radius 2 is 1.86 bits per heavy atom. The molecule has 0 atom stereocenters. The van der Waals surface area contributed by atoms with Crippen LogP contribution in [0.1, 0.15) is 10.6 Å². The SMILES string of the molecule is COc1cccc(-c2cccc(-c3ccc(C=O)o3)c2)n1. The molecule has 4 heteroatoms. The Hall–Kier alpha value is -2.88. The zero-order valence-corrected chi connectivity index (χ0v) is 11.4. The van der Waals surface area contributed by atoms with E-state index in [9.17, 15) is 4.79 Å². The number of nitrogens with zero attached hydrogens (tertiary/aromatic N) is 1. The normalized spacial score (nSPS) is 10.3. The molecule has 0 aliphatic rings. The van der Waals surface area contributed by atoms with E-state index in [-0.39, 0.29) is 0 Å². The molecule has 0 spiro atoms. The first-order valence-corrected chi connectivity index (χ1v) is 6.47. The number of aldehydes is 1. The summed E-state index contributed by atoms with van der Waals surface area (Å²) in [5.41, 5.74) is 2.67. The lowest BCUT2D eigenvalue weighted by Gasteiger charge is -2.05. The fourth-order valence-electron chi connectivity index (χ4n) is 2.09. The number of carbonyl (C=O) groups excluding carboxylic acids is 1. The van der Waals surface area contributed by atoms with Gasteiger partial charge in [-0.1, -0.05) is 24.3 Å². The van der Waals surface area contributed by atoms with E-state index in [1.54, 1.807) is 25.3 Å². The molecular weight excluding hydrogens is 266 g/mol. The predicted octanol–water partition coefficient (Wildman–Crippen LogP) is 3.83. The van der Waals surface area contributed by atoms with Gasteiger partial charge in [-0.3, -0.25) is 4.79 Å². The Morgan fingerprint density at radius 3 is 2.62 bits per heavy atom. The van der Waals surface area contributed by atoms with E-state index < -0.39 is 0 Å². The minimum absolute atomic E-state index is 0.315. The highest BCUT2D eigenvalue weighted by atomic mass is 16.5. The van der Waals surface area contributed by atoms with Gasteiger partial charge in [-0.05, 0) is 24.3 Å². The van der Waals surface area contributed by atoms with Crippen molar-refractivity contribution in [3.8, 4) is 28.5 Å². The van der Waals surface area contributed by atoms with Crippen molar-refractivity contribution in [1.29, 1.82) is 0 Å². The van der Waals surface area contributed by atoms with Crippen LogP contribution in [0.5, 0.6) is 5.88 Å². The van der Waals surface area contributed by atoms with E-state index in [4.69, 9.17) is 9.15 Å². The van der Waals surface area contributed by atoms with Gasteiger partial charge in [0.25, 0.3) is 0 Å². The van der Waals surface area contributed by atoms with Gasteiger partial charge in [0.15, 0.2) is 12.0 Å². The maximum Gasteiger partial charge on any atom is 0.213 e. The van der Waals surface area contributed by atoms with Gasteiger partial charge in [-0.15, -0.1) is 0 Å². The Labute approximate surface area is 122 Å². The number of methoxy groups -OCH3 is 1. The summed E-state index contributed by atoms with van der Waals surface area (Å²) in [6, 6.07) is 16.8. The molecule has 104 valence electrons. The summed E-state index contributed by atoms with van der Waals surface area (Å²) >= 11 is 0. The molecule has 1 aromatic carbocycles. The van der Waals surface area contributed by atoms with Crippen molar-refractivity contribution in [2.45, 2.75) is 0 Å². The number of furan rings is 1. The highest BCUT2D eigenvalue weighted by Gasteiger charge is 2.07. The number of aromatic nitrogens is 1. The Bertz CT molecular complexity index is 777. The minimum Gasteiger partial charge on any atom is -0.481 e. The average Bonchev–Trinajstić information content (AvgIpc) is 3.04. The summed E-state index contributed by atoms with van der Waals surface area (Å²) in [5, 5.41) is 0. The van der Waals surface area contributed by atoms with Crippen LogP contribution in [0.25, 0.3) is 22.6 Å². The summed E-state index contributed by atoms with van der Waals surface area (Å²) in [5.74, 6) is 1.54. The van der Waals surface area contributed by atoms with E-state index >= 15 is 0 Å². The number of pyridine rings is 1. The Morgan fingerprint density at radius 1 is 1.05 bits per heavy atom. The van der Waals surface area contributed by atoms with Gasteiger partial charge >= 0.3 is 0 Å². The van der Waals surface area contributed by atoms with Gasteiger partial charge in [0.05, 0.1) is 12.8 Å². The number of rotatable bonds is 4. The van der Waals surface area contributed by atoms with Crippen LogP contribution in [-0.4, -0.2) is 18.4 Å². The van der Waals surface area contributed by atoms with Gasteiger partial charge in [0.2, 0.25) is 5.88 Å². The molecule has 0 aliphatic carbocycles. The first-order chi connectivity index (χ1) is 10.3. The molecule has 2 aromatic heterocycles. The summed E-state index contributed by atoms with van der Waals surface area (Å²) in [6.07, 6.45) is 0.691. The molecule has 3 rings (SSSR count). The molecule has 0 fully saturated rings. The molecule has 0 unspecified atom stereocenters. The number of benzene rings is 1. The molecule has 0 saturated carbocycles. The third-order valence-corrected chi connectivity index (χ3v) is 3.12. The lowest BCUT2D eigenvalue weighted by Crippen LogP contribution is -1.89. The van der Waals surface area contributed by atoms with Crippen molar-refractivity contribution in [2.75, 3.05) is 7.11 Å². The van der Waals surface area contributed by atoms with Crippen LogP contribution in [0.3, 0.4) is 0 Å². The smallest absolute Gasteiger partial charge is 0.213 e. The van der Waals surface area contributed by atoms with E-state index in [0.717, 1.165) is 16.8 Å². The second kappa shape index (κ2) is 5.63. The molecule has 4 nitrogen and oxygen atoms in total. The van der Waals surface area contributed by atoms with Gasteiger partial charge in [-0.25, -0.2) is 4.98 Å². The molecule has 0 N–H and O–H groups in total. The maximum absolute atomic E-state index is 10.7. The van der Waals surface area contributed by atoms with Crippen LogP contribution < -0.4 is 4.74 Å². The number of hydrogen-bond donors (Lipinski definition) is 0. The van der Waals surface area contributed by atoms with Crippen LogP contribution in [0.2, 0.25) is 0 Å². The molecule has 0 saturated heterocycles. The number of ether oxygens (including phenoxy) is 1. The van der Waals surface area contributed by atoms with E-state index in [2.05, 4.69) is 4.98 Å². The first kappa shape index (κ1) is 13.1. The second-order valence-electron chi connectivity index (χ2n) is 4.47. The monoisotopic (exact) mass is 279 g/mol. The van der Waals surface area contributed by atoms with Crippen LogP contribution in [-0.2, 0) is 0 Å². The Kier molecular flexibility index (Phi) is 3.51. The largest absolute Gasteiger partial charge is 0.481 e. The molecule has 0 amide bonds. The third-order valence-electron chi connectivity index (χ3n) is 3.12. The quantitative estimate of drug-likeness (QED) is 0.681. The van der Waals surface area contributed by atoms with Crippen molar-refractivity contribution in [2.24, 2.45) is 0 Å². The average molecular weight is 279 g/mol. The highest BCUT2D eigenvalue weighted by Crippen LogP contribution is 2.27. The summed E-state index contributed by atoms with van der Waals surface area (Å²) < 4.78 is 10.6. The number of carbonyl (C=O) groups is 1. The summed E-state index contributed by atoms with van der Waals surface area (Å²) in [7, 11) is 1.59. The van der Waals surface area contributed by atoms with Crippen molar-refractivity contribution in [3.05, 3.63) is 60.4 Å². The van der Waals surface area contributed by atoms with Crippen LogP contribution >= 0.6 is 0 Å². The van der Waals surface area contributed by atoms with E-state index in [0.29, 0.717) is 23.7 Å². The summed E-state index contributed by atoms with van der Waals surface area (Å²) in [4.78, 5) is 15.1. The minimum atomic E-state index is 0.315. The molecule has 0 radical (unpaired) electrons. The van der Waals surface area contributed by atoms with Crippen LogP contribution in [0, 0.1) is 0 Å². The molecule has 0 aliphatic heterocycles. The molecule has 3 aromatic rings. The van der Waals surface area contributed by atoms with E-state index in [1.807, 2.05) is 36.4 Å². The second-order valence-corrected chi connectivity index (χ2v) is 4.47. The van der Waals surface area contributed by atoms with E-state index in [1.165, 1.54) is 0 Å². The topological polar surface area (TPSA) is 52.3 Å². The number of hydrogen-bond acceptors (Lipinski definition) is 4. The van der Waals surface area contributed by atoms with Gasteiger partial charge in [0, 0.05) is 17.2 Å². The lowest BCUT2D eigenvalue weighted by atomic mass is 10.1. The third kappa shape index (κ3) is 2.69. The van der Waals surface area contributed by atoms with Gasteiger partial charge in [-0.2, -0.15) is 0 Å². The Balaban J connectivity index is 2.01. The van der Waals surface area contributed by atoms with Crippen molar-refractivity contribution < 1.29 is 13.9 Å². The van der Waals surface area contributed by atoms with Crippen molar-refractivity contribution in [1.82, 2.24) is 4.98 Å². The van der Waals surface area contributed by atoms with Crippen molar-refractivity contribution >= 4 is 6.29 Å². The maximum atomic E-state index is 10.7. The zero-order chi connectivity index (χ0) is 14.7. The van der Waals surface area contributed by atoms with Crippen LogP contribution in [0.4, 0.5) is 0 Å². The predicted molar refractivity (Wildman–Crippen MR) is 79.3 cm³/mol. The van der Waals surface area contributed by atoms with Gasteiger partial charge < -0.3 is 9.15 Å².